The molecule has 0 unspecified atom stereocenters. The smallest absolute Gasteiger partial charge is 0.135 e. The fourth-order valence-electron chi connectivity index (χ4n) is 3.53. The number of rotatable bonds is 6. The third kappa shape index (κ3) is 4.43. The van der Waals surface area contributed by atoms with Crippen LogP contribution in [-0.2, 0) is 17.9 Å². The highest BCUT2D eigenvalue weighted by Crippen LogP contribution is 2.27. The first-order valence-corrected chi connectivity index (χ1v) is 9.39. The van der Waals surface area contributed by atoms with Crippen molar-refractivity contribution < 1.29 is 13.5 Å². The van der Waals surface area contributed by atoms with Crippen LogP contribution < -0.4 is 0 Å². The molecule has 0 atom stereocenters. The first-order chi connectivity index (χ1) is 13.7. The minimum atomic E-state index is -0.590. The lowest BCUT2D eigenvalue weighted by Crippen LogP contribution is -2.36. The maximum atomic E-state index is 14.1. The number of benzene rings is 1. The number of pyridine rings is 1. The zero-order chi connectivity index (χ0) is 19.3. The Morgan fingerprint density at radius 1 is 1.14 bits per heavy atom. The van der Waals surface area contributed by atoms with E-state index in [0.717, 1.165) is 43.1 Å². The molecule has 0 radical (unpaired) electrons. The zero-order valence-electron chi connectivity index (χ0n) is 15.4. The highest BCUT2D eigenvalue weighted by Gasteiger charge is 2.22. The van der Waals surface area contributed by atoms with E-state index in [1.165, 1.54) is 12.1 Å². The van der Waals surface area contributed by atoms with Crippen LogP contribution in [0.2, 0.25) is 0 Å². The molecule has 3 heterocycles. The Morgan fingerprint density at radius 3 is 2.75 bits per heavy atom. The van der Waals surface area contributed by atoms with Crippen molar-refractivity contribution in [3.05, 3.63) is 71.7 Å². The van der Waals surface area contributed by atoms with Gasteiger partial charge in [0.15, 0.2) is 0 Å². The van der Waals surface area contributed by atoms with Crippen molar-refractivity contribution in [2.24, 2.45) is 0 Å². The number of nitrogens with zero attached hydrogens (tertiary/aromatic N) is 3. The average Bonchev–Trinajstić information content (AvgIpc) is 3.16. The summed E-state index contributed by atoms with van der Waals surface area (Å²) in [5, 5.41) is 6.91. The summed E-state index contributed by atoms with van der Waals surface area (Å²) in [6.07, 6.45) is 7.41. The molecule has 146 valence electrons. The summed E-state index contributed by atoms with van der Waals surface area (Å²) >= 11 is 0. The molecule has 3 aromatic rings. The van der Waals surface area contributed by atoms with Gasteiger partial charge < -0.3 is 4.74 Å². The standard InChI is InChI=1S/C21H22F2N4O/c22-17-3-4-19(20(23)10-17)21-16(12-25-26-21)13-27-8-5-18(6-9-27)28-14-15-2-1-7-24-11-15/h1-4,7,10-12,18H,5-6,8-9,13-14H2,(H,25,26). The van der Waals surface area contributed by atoms with Crippen molar-refractivity contribution in [3.8, 4) is 11.3 Å². The van der Waals surface area contributed by atoms with Gasteiger partial charge in [-0.2, -0.15) is 5.10 Å². The van der Waals surface area contributed by atoms with E-state index in [-0.39, 0.29) is 6.10 Å². The summed E-state index contributed by atoms with van der Waals surface area (Å²) < 4.78 is 33.3. The molecule has 2 aromatic heterocycles. The summed E-state index contributed by atoms with van der Waals surface area (Å²) in [5.41, 5.74) is 2.92. The SMILES string of the molecule is Fc1ccc(-c2[nH]ncc2CN2CCC(OCc3cccnc3)CC2)c(F)c1. The number of piperidine rings is 1. The number of hydrogen-bond acceptors (Lipinski definition) is 4. The molecular formula is C21H22F2N4O. The van der Waals surface area contributed by atoms with Gasteiger partial charge in [-0.25, -0.2) is 8.78 Å². The Bertz CT molecular complexity index is 908. The van der Waals surface area contributed by atoms with Crippen LogP contribution in [0, 0.1) is 11.6 Å². The van der Waals surface area contributed by atoms with Crippen molar-refractivity contribution in [2.75, 3.05) is 13.1 Å². The highest BCUT2D eigenvalue weighted by atomic mass is 19.1. The molecule has 1 fully saturated rings. The van der Waals surface area contributed by atoms with Gasteiger partial charge in [-0.1, -0.05) is 6.07 Å². The monoisotopic (exact) mass is 384 g/mol. The molecule has 1 N–H and O–H groups in total. The van der Waals surface area contributed by atoms with Gasteiger partial charge in [0.2, 0.25) is 0 Å². The third-order valence-electron chi connectivity index (χ3n) is 5.06. The normalized spacial score (nSPS) is 15.8. The lowest BCUT2D eigenvalue weighted by Gasteiger charge is -2.31. The lowest BCUT2D eigenvalue weighted by molar-refractivity contribution is -0.00400. The topological polar surface area (TPSA) is 54.0 Å². The maximum absolute atomic E-state index is 14.1. The van der Waals surface area contributed by atoms with Crippen LogP contribution in [0.4, 0.5) is 8.78 Å². The van der Waals surface area contributed by atoms with Gasteiger partial charge in [-0.3, -0.25) is 15.0 Å². The van der Waals surface area contributed by atoms with Crippen LogP contribution in [0.3, 0.4) is 0 Å². The molecule has 4 rings (SSSR count). The Kier molecular flexibility index (Phi) is 5.73. The van der Waals surface area contributed by atoms with Crippen molar-refractivity contribution in [2.45, 2.75) is 32.1 Å². The summed E-state index contributed by atoms with van der Waals surface area (Å²) in [5.74, 6) is -1.18. The minimum Gasteiger partial charge on any atom is -0.373 e. The predicted octanol–water partition coefficient (Wildman–Crippen LogP) is 3.93. The number of hydrogen-bond donors (Lipinski definition) is 1. The van der Waals surface area contributed by atoms with Crippen LogP contribution in [0.5, 0.6) is 0 Å². The zero-order valence-corrected chi connectivity index (χ0v) is 15.4. The van der Waals surface area contributed by atoms with E-state index in [1.807, 2.05) is 18.3 Å². The molecule has 5 nitrogen and oxygen atoms in total. The van der Waals surface area contributed by atoms with Gasteiger partial charge in [0.1, 0.15) is 11.6 Å². The molecule has 7 heteroatoms. The third-order valence-corrected chi connectivity index (χ3v) is 5.06. The van der Waals surface area contributed by atoms with Crippen LogP contribution in [0.25, 0.3) is 11.3 Å². The second-order valence-corrected chi connectivity index (χ2v) is 7.04. The van der Waals surface area contributed by atoms with Crippen LogP contribution in [-0.4, -0.2) is 39.3 Å². The van der Waals surface area contributed by atoms with E-state index in [4.69, 9.17) is 4.74 Å². The van der Waals surface area contributed by atoms with Gasteiger partial charge in [0, 0.05) is 49.2 Å². The van der Waals surface area contributed by atoms with E-state index in [2.05, 4.69) is 20.1 Å². The quantitative estimate of drug-likeness (QED) is 0.700. The molecule has 0 spiro atoms. The Labute approximate surface area is 162 Å². The molecule has 0 bridgehead atoms. The van der Waals surface area contributed by atoms with E-state index >= 15 is 0 Å². The first-order valence-electron chi connectivity index (χ1n) is 9.39. The van der Waals surface area contributed by atoms with Gasteiger partial charge >= 0.3 is 0 Å². The van der Waals surface area contributed by atoms with Crippen molar-refractivity contribution in [3.63, 3.8) is 0 Å². The Morgan fingerprint density at radius 2 is 2.00 bits per heavy atom. The largest absolute Gasteiger partial charge is 0.373 e. The maximum Gasteiger partial charge on any atom is 0.135 e. The van der Waals surface area contributed by atoms with E-state index in [0.29, 0.717) is 24.4 Å². The number of likely N-dealkylation sites (tertiary alicyclic amines) is 1. The molecule has 0 aliphatic carbocycles. The molecule has 0 amide bonds. The van der Waals surface area contributed by atoms with Crippen molar-refractivity contribution in [1.82, 2.24) is 20.1 Å². The minimum absolute atomic E-state index is 0.231. The number of H-pyrrole nitrogens is 1. The number of ether oxygens (including phenoxy) is 1. The average molecular weight is 384 g/mol. The Hall–Kier alpha value is -2.64. The summed E-state index contributed by atoms with van der Waals surface area (Å²) in [4.78, 5) is 6.41. The molecule has 1 aromatic carbocycles. The number of aromatic amines is 1. The van der Waals surface area contributed by atoms with Gasteiger partial charge in [-0.15, -0.1) is 0 Å². The molecule has 28 heavy (non-hydrogen) atoms. The fourth-order valence-corrected chi connectivity index (χ4v) is 3.53. The van der Waals surface area contributed by atoms with Crippen molar-refractivity contribution >= 4 is 0 Å². The molecular weight excluding hydrogens is 362 g/mol. The first kappa shape index (κ1) is 18.7. The fraction of sp³-hybridized carbons (Fsp3) is 0.333. The van der Waals surface area contributed by atoms with Gasteiger partial charge in [0.25, 0.3) is 0 Å². The summed E-state index contributed by atoms with van der Waals surface area (Å²) in [7, 11) is 0. The molecule has 1 saturated heterocycles. The van der Waals surface area contributed by atoms with Gasteiger partial charge in [-0.05, 0) is 36.6 Å². The molecule has 1 aliphatic heterocycles. The van der Waals surface area contributed by atoms with Crippen molar-refractivity contribution in [1.29, 1.82) is 0 Å². The molecule has 0 saturated carbocycles. The van der Waals surface area contributed by atoms with E-state index < -0.39 is 11.6 Å². The number of halogens is 2. The van der Waals surface area contributed by atoms with Crippen LogP contribution >= 0.6 is 0 Å². The summed E-state index contributed by atoms with van der Waals surface area (Å²) in [6, 6.07) is 7.52. The Balaban J connectivity index is 1.33. The molecule has 1 aliphatic rings. The van der Waals surface area contributed by atoms with E-state index in [9.17, 15) is 8.78 Å². The summed E-state index contributed by atoms with van der Waals surface area (Å²) in [6.45, 7) is 3.04. The second-order valence-electron chi connectivity index (χ2n) is 7.04. The van der Waals surface area contributed by atoms with E-state index in [1.54, 1.807) is 12.4 Å². The number of aromatic nitrogens is 3. The van der Waals surface area contributed by atoms with Gasteiger partial charge in [0.05, 0.1) is 24.6 Å². The highest BCUT2D eigenvalue weighted by molar-refractivity contribution is 5.63. The number of nitrogens with one attached hydrogen (secondary N) is 1. The lowest BCUT2D eigenvalue weighted by atomic mass is 10.0. The predicted molar refractivity (Wildman–Crippen MR) is 101 cm³/mol. The van der Waals surface area contributed by atoms with Crippen LogP contribution in [0.1, 0.15) is 24.0 Å². The van der Waals surface area contributed by atoms with Crippen LogP contribution in [0.15, 0.2) is 48.9 Å². The second kappa shape index (κ2) is 8.58.